The van der Waals surface area contributed by atoms with Gasteiger partial charge in [0.05, 0.1) is 6.04 Å². The normalized spacial score (nSPS) is 14.2. The average Bonchev–Trinajstić information content (AvgIpc) is 2.21. The Bertz CT molecular complexity index is 348. The van der Waals surface area contributed by atoms with Crippen LogP contribution in [0.1, 0.15) is 25.5 Å². The van der Waals surface area contributed by atoms with Crippen molar-refractivity contribution < 1.29 is 4.39 Å². The average molecular weight is 224 g/mol. The smallest absolute Gasteiger partial charge is 0.128 e. The first-order chi connectivity index (χ1) is 7.41. The van der Waals surface area contributed by atoms with E-state index in [4.69, 9.17) is 0 Å². The second kappa shape index (κ2) is 4.93. The van der Waals surface area contributed by atoms with Gasteiger partial charge in [-0.25, -0.2) is 4.39 Å². The lowest BCUT2D eigenvalue weighted by atomic mass is 9.87. The number of hydrogen-bond donors (Lipinski definition) is 1. The summed E-state index contributed by atoms with van der Waals surface area (Å²) in [6, 6.07) is 6.89. The fourth-order valence-corrected chi connectivity index (χ4v) is 1.86. The van der Waals surface area contributed by atoms with E-state index in [-0.39, 0.29) is 17.4 Å². The number of nitrogens with one attached hydrogen (secondary N) is 1. The number of rotatable bonds is 4. The highest BCUT2D eigenvalue weighted by Gasteiger charge is 2.33. The van der Waals surface area contributed by atoms with Crippen molar-refractivity contribution in [1.82, 2.24) is 10.2 Å². The van der Waals surface area contributed by atoms with Crippen molar-refractivity contribution in [1.29, 1.82) is 0 Å². The number of halogens is 1. The van der Waals surface area contributed by atoms with Crippen LogP contribution in [0.25, 0.3) is 0 Å². The van der Waals surface area contributed by atoms with Crippen molar-refractivity contribution in [2.45, 2.75) is 25.4 Å². The Morgan fingerprint density at radius 3 is 2.25 bits per heavy atom. The SMILES string of the molecule is CNC(c1ccccc1F)C(C)(C)N(C)C. The Morgan fingerprint density at radius 2 is 1.81 bits per heavy atom. The van der Waals surface area contributed by atoms with E-state index in [9.17, 15) is 4.39 Å². The van der Waals surface area contributed by atoms with E-state index in [0.29, 0.717) is 5.56 Å². The maximum Gasteiger partial charge on any atom is 0.128 e. The zero-order valence-electron chi connectivity index (χ0n) is 10.7. The Hall–Kier alpha value is -0.930. The van der Waals surface area contributed by atoms with Gasteiger partial charge in [-0.3, -0.25) is 0 Å². The highest BCUT2D eigenvalue weighted by molar-refractivity contribution is 5.24. The molecule has 0 bridgehead atoms. The molecule has 0 spiro atoms. The highest BCUT2D eigenvalue weighted by atomic mass is 19.1. The Morgan fingerprint density at radius 1 is 1.25 bits per heavy atom. The van der Waals surface area contributed by atoms with E-state index in [1.165, 1.54) is 6.07 Å². The minimum atomic E-state index is -0.156. The number of nitrogens with zero attached hydrogens (tertiary/aromatic N) is 1. The van der Waals surface area contributed by atoms with Crippen LogP contribution < -0.4 is 5.32 Å². The van der Waals surface area contributed by atoms with Crippen molar-refractivity contribution in [3.63, 3.8) is 0 Å². The van der Waals surface area contributed by atoms with Gasteiger partial charge in [-0.2, -0.15) is 0 Å². The van der Waals surface area contributed by atoms with Crippen LogP contribution >= 0.6 is 0 Å². The van der Waals surface area contributed by atoms with Gasteiger partial charge >= 0.3 is 0 Å². The standard InChI is InChI=1S/C13H21FN2/c1-13(2,16(4)5)12(15-3)10-8-6-7-9-11(10)14/h6-9,12,15H,1-5H3. The molecule has 1 N–H and O–H groups in total. The third kappa shape index (κ3) is 2.42. The van der Waals surface area contributed by atoms with Crippen molar-refractivity contribution in [3.8, 4) is 0 Å². The molecule has 0 aliphatic carbocycles. The molecule has 0 fully saturated rings. The lowest BCUT2D eigenvalue weighted by Gasteiger charge is -2.40. The number of benzene rings is 1. The summed E-state index contributed by atoms with van der Waals surface area (Å²) in [7, 11) is 5.87. The van der Waals surface area contributed by atoms with Gasteiger partial charge in [0.25, 0.3) is 0 Å². The Balaban J connectivity index is 3.13. The lowest BCUT2D eigenvalue weighted by molar-refractivity contribution is 0.140. The van der Waals surface area contributed by atoms with Crippen LogP contribution in [0.5, 0.6) is 0 Å². The van der Waals surface area contributed by atoms with Crippen LogP contribution in [0.4, 0.5) is 4.39 Å². The Labute approximate surface area is 97.5 Å². The second-order valence-electron chi connectivity index (χ2n) is 4.79. The number of likely N-dealkylation sites (N-methyl/N-ethyl adjacent to an activating group) is 2. The summed E-state index contributed by atoms with van der Waals surface area (Å²) >= 11 is 0. The van der Waals surface area contributed by atoms with Gasteiger partial charge in [-0.1, -0.05) is 18.2 Å². The zero-order valence-corrected chi connectivity index (χ0v) is 10.7. The van der Waals surface area contributed by atoms with Crippen molar-refractivity contribution in [2.24, 2.45) is 0 Å². The number of hydrogen-bond acceptors (Lipinski definition) is 2. The molecule has 16 heavy (non-hydrogen) atoms. The minimum Gasteiger partial charge on any atom is -0.311 e. The van der Waals surface area contributed by atoms with Crippen molar-refractivity contribution >= 4 is 0 Å². The molecule has 1 aromatic rings. The summed E-state index contributed by atoms with van der Waals surface area (Å²) in [6.07, 6.45) is 0. The van der Waals surface area contributed by atoms with E-state index in [1.54, 1.807) is 6.07 Å². The summed E-state index contributed by atoms with van der Waals surface area (Å²) in [5, 5.41) is 3.20. The Kier molecular flexibility index (Phi) is 4.05. The maximum atomic E-state index is 13.8. The van der Waals surface area contributed by atoms with E-state index < -0.39 is 0 Å². The van der Waals surface area contributed by atoms with E-state index >= 15 is 0 Å². The molecule has 0 aromatic heterocycles. The molecule has 0 amide bonds. The molecule has 0 saturated carbocycles. The first kappa shape index (κ1) is 13.1. The van der Waals surface area contributed by atoms with Crippen molar-refractivity contribution in [3.05, 3.63) is 35.6 Å². The van der Waals surface area contributed by atoms with Crippen LogP contribution in [0, 0.1) is 5.82 Å². The molecule has 1 unspecified atom stereocenters. The molecule has 1 aromatic carbocycles. The molecule has 0 radical (unpaired) electrons. The van der Waals surface area contributed by atoms with Crippen LogP contribution in [-0.4, -0.2) is 31.6 Å². The van der Waals surface area contributed by atoms with Gasteiger partial charge in [0, 0.05) is 11.1 Å². The monoisotopic (exact) mass is 224 g/mol. The summed E-state index contributed by atoms with van der Waals surface area (Å²) in [5.74, 6) is -0.156. The molecule has 0 saturated heterocycles. The molecule has 3 heteroatoms. The van der Waals surface area contributed by atoms with Crippen LogP contribution in [0.3, 0.4) is 0 Å². The van der Waals surface area contributed by atoms with E-state index in [0.717, 1.165) is 0 Å². The van der Waals surface area contributed by atoms with Gasteiger partial charge in [0.15, 0.2) is 0 Å². The van der Waals surface area contributed by atoms with Crippen LogP contribution in [0.2, 0.25) is 0 Å². The molecule has 1 rings (SSSR count). The molecule has 0 aliphatic rings. The third-order valence-electron chi connectivity index (χ3n) is 3.36. The van der Waals surface area contributed by atoms with Crippen molar-refractivity contribution in [2.75, 3.05) is 21.1 Å². The van der Waals surface area contributed by atoms with Gasteiger partial charge in [0.2, 0.25) is 0 Å². The largest absolute Gasteiger partial charge is 0.311 e. The van der Waals surface area contributed by atoms with Crippen LogP contribution in [0.15, 0.2) is 24.3 Å². The predicted octanol–water partition coefficient (Wildman–Crippen LogP) is 2.43. The van der Waals surface area contributed by atoms with Gasteiger partial charge in [-0.15, -0.1) is 0 Å². The minimum absolute atomic E-state index is 0.0382. The first-order valence-electron chi connectivity index (χ1n) is 5.50. The van der Waals surface area contributed by atoms with Gasteiger partial charge in [0.1, 0.15) is 5.82 Å². The summed E-state index contributed by atoms with van der Waals surface area (Å²) in [4.78, 5) is 2.10. The molecular formula is C13H21FN2. The summed E-state index contributed by atoms with van der Waals surface area (Å²) in [6.45, 7) is 4.20. The summed E-state index contributed by atoms with van der Waals surface area (Å²) < 4.78 is 13.8. The highest BCUT2D eigenvalue weighted by Crippen LogP contribution is 2.30. The molecule has 2 nitrogen and oxygen atoms in total. The molecule has 90 valence electrons. The topological polar surface area (TPSA) is 15.3 Å². The summed E-state index contributed by atoms with van der Waals surface area (Å²) in [5.41, 5.74) is 0.556. The molecule has 0 heterocycles. The third-order valence-corrected chi connectivity index (χ3v) is 3.36. The quantitative estimate of drug-likeness (QED) is 0.845. The first-order valence-corrected chi connectivity index (χ1v) is 5.50. The zero-order chi connectivity index (χ0) is 12.3. The predicted molar refractivity (Wildman–Crippen MR) is 66.0 cm³/mol. The van der Waals surface area contributed by atoms with Crippen LogP contribution in [-0.2, 0) is 0 Å². The maximum absolute atomic E-state index is 13.8. The molecular weight excluding hydrogens is 203 g/mol. The lowest BCUT2D eigenvalue weighted by Crippen LogP contribution is -2.48. The van der Waals surface area contributed by atoms with Gasteiger partial charge < -0.3 is 10.2 Å². The van der Waals surface area contributed by atoms with Gasteiger partial charge in [-0.05, 0) is 41.1 Å². The fourth-order valence-electron chi connectivity index (χ4n) is 1.86. The van der Waals surface area contributed by atoms with E-state index in [2.05, 4.69) is 24.1 Å². The fraction of sp³-hybridized carbons (Fsp3) is 0.538. The second-order valence-corrected chi connectivity index (χ2v) is 4.79. The van der Waals surface area contributed by atoms with E-state index in [1.807, 2.05) is 33.3 Å². The molecule has 1 atom stereocenters. The molecule has 0 aliphatic heterocycles.